The fourth-order valence-corrected chi connectivity index (χ4v) is 2.38. The summed E-state index contributed by atoms with van der Waals surface area (Å²) >= 11 is 5.86. The van der Waals surface area contributed by atoms with Gasteiger partial charge in [0.1, 0.15) is 5.75 Å². The Kier molecular flexibility index (Phi) is 6.05. The molecule has 0 atom stereocenters. The second-order valence-electron chi connectivity index (χ2n) is 5.74. The first-order valence-electron chi connectivity index (χ1n) is 7.64. The molecule has 122 valence electrons. The van der Waals surface area contributed by atoms with Gasteiger partial charge in [0, 0.05) is 18.6 Å². The van der Waals surface area contributed by atoms with E-state index in [-0.39, 0.29) is 5.91 Å². The van der Waals surface area contributed by atoms with Crippen molar-refractivity contribution >= 4 is 17.5 Å². The third kappa shape index (κ3) is 5.29. The van der Waals surface area contributed by atoms with Crippen LogP contribution < -0.4 is 4.74 Å². The summed E-state index contributed by atoms with van der Waals surface area (Å²) in [5.74, 6) is 0.906. The molecule has 0 heterocycles. The molecule has 0 fully saturated rings. The van der Waals surface area contributed by atoms with Crippen molar-refractivity contribution < 1.29 is 9.53 Å². The first kappa shape index (κ1) is 17.4. The van der Waals surface area contributed by atoms with Crippen molar-refractivity contribution in [1.82, 2.24) is 4.90 Å². The van der Waals surface area contributed by atoms with Gasteiger partial charge in [-0.15, -0.1) is 0 Å². The zero-order valence-electron chi connectivity index (χ0n) is 13.8. The topological polar surface area (TPSA) is 29.5 Å². The van der Waals surface area contributed by atoms with E-state index in [0.717, 1.165) is 22.4 Å². The number of amides is 1. The minimum atomic E-state index is 0.0604. The molecule has 3 nitrogen and oxygen atoms in total. The molecule has 1 amide bonds. The van der Waals surface area contributed by atoms with Crippen LogP contribution in [0.25, 0.3) is 0 Å². The molecule has 0 unspecified atom stereocenters. The second-order valence-corrected chi connectivity index (χ2v) is 6.18. The van der Waals surface area contributed by atoms with Crippen molar-refractivity contribution in [1.29, 1.82) is 0 Å². The van der Waals surface area contributed by atoms with Crippen LogP contribution in [0.5, 0.6) is 5.75 Å². The van der Waals surface area contributed by atoms with Crippen LogP contribution in [0.4, 0.5) is 0 Å². The zero-order valence-corrected chi connectivity index (χ0v) is 14.6. The molecule has 0 spiro atoms. The highest BCUT2D eigenvalue weighted by molar-refractivity contribution is 6.30. The van der Waals surface area contributed by atoms with Gasteiger partial charge in [-0.2, -0.15) is 0 Å². The molecule has 4 heteroatoms. The second kappa shape index (κ2) is 8.02. The van der Waals surface area contributed by atoms with Gasteiger partial charge >= 0.3 is 0 Å². The van der Waals surface area contributed by atoms with Crippen molar-refractivity contribution in [2.75, 3.05) is 13.7 Å². The van der Waals surface area contributed by atoms with E-state index in [9.17, 15) is 4.79 Å². The number of halogens is 1. The molecule has 0 saturated heterocycles. The maximum atomic E-state index is 12.2. The molecule has 0 bridgehead atoms. The fourth-order valence-electron chi connectivity index (χ4n) is 2.25. The van der Waals surface area contributed by atoms with E-state index in [4.69, 9.17) is 16.3 Å². The van der Waals surface area contributed by atoms with Crippen LogP contribution in [0.15, 0.2) is 42.5 Å². The van der Waals surface area contributed by atoms with E-state index in [1.54, 1.807) is 11.9 Å². The maximum Gasteiger partial charge on any atom is 0.226 e. The molecule has 23 heavy (non-hydrogen) atoms. The molecular weight excluding hydrogens is 310 g/mol. The predicted molar refractivity (Wildman–Crippen MR) is 94.0 cm³/mol. The summed E-state index contributed by atoms with van der Waals surface area (Å²) in [6.45, 7) is 4.98. The van der Waals surface area contributed by atoms with Crippen LogP contribution in [0.2, 0.25) is 5.02 Å². The van der Waals surface area contributed by atoms with Gasteiger partial charge in [-0.05, 0) is 48.7 Å². The minimum Gasteiger partial charge on any atom is -0.493 e. The van der Waals surface area contributed by atoms with E-state index in [1.165, 1.54) is 0 Å². The van der Waals surface area contributed by atoms with Crippen molar-refractivity contribution in [3.63, 3.8) is 0 Å². The molecule has 0 aliphatic heterocycles. The molecule has 0 radical (unpaired) electrons. The van der Waals surface area contributed by atoms with E-state index in [2.05, 4.69) is 0 Å². The number of ether oxygens (including phenoxy) is 1. The fraction of sp³-hybridized carbons (Fsp3) is 0.316. The van der Waals surface area contributed by atoms with Gasteiger partial charge in [-0.3, -0.25) is 4.79 Å². The number of carbonyl (C=O) groups is 1. The van der Waals surface area contributed by atoms with Gasteiger partial charge in [0.25, 0.3) is 0 Å². The molecule has 2 rings (SSSR count). The third-order valence-corrected chi connectivity index (χ3v) is 3.93. The highest BCUT2D eigenvalue weighted by Gasteiger charge is 2.10. The Hall–Kier alpha value is -2.00. The molecular formula is C19H22ClNO2. The average molecular weight is 332 g/mol. The standard InChI is InChI=1S/C19H22ClNO2/c1-14-4-5-15(2)18(12-14)23-11-10-19(22)21(3)13-16-6-8-17(20)9-7-16/h4-9,12H,10-11,13H2,1-3H3. The Morgan fingerprint density at radius 3 is 2.52 bits per heavy atom. The van der Waals surface area contributed by atoms with Crippen LogP contribution >= 0.6 is 11.6 Å². The third-order valence-electron chi connectivity index (χ3n) is 3.68. The molecule has 2 aromatic rings. The van der Waals surface area contributed by atoms with Gasteiger partial charge in [0.2, 0.25) is 5.91 Å². The smallest absolute Gasteiger partial charge is 0.226 e. The van der Waals surface area contributed by atoms with Gasteiger partial charge in [-0.1, -0.05) is 35.9 Å². The van der Waals surface area contributed by atoms with Crippen molar-refractivity contribution in [3.05, 3.63) is 64.2 Å². The molecule has 0 aromatic heterocycles. The van der Waals surface area contributed by atoms with E-state index < -0.39 is 0 Å². The maximum absolute atomic E-state index is 12.2. The van der Waals surface area contributed by atoms with Crippen LogP contribution in [0.3, 0.4) is 0 Å². The number of rotatable bonds is 6. The molecule has 0 saturated carbocycles. The first-order valence-corrected chi connectivity index (χ1v) is 8.02. The van der Waals surface area contributed by atoms with Crippen LogP contribution in [0, 0.1) is 13.8 Å². The lowest BCUT2D eigenvalue weighted by molar-refractivity contribution is -0.130. The normalized spacial score (nSPS) is 10.4. The average Bonchev–Trinajstić information content (AvgIpc) is 2.52. The summed E-state index contributed by atoms with van der Waals surface area (Å²) in [4.78, 5) is 13.9. The van der Waals surface area contributed by atoms with E-state index in [1.807, 2.05) is 56.3 Å². The zero-order chi connectivity index (χ0) is 16.8. The number of carbonyl (C=O) groups excluding carboxylic acids is 1. The van der Waals surface area contributed by atoms with Crippen molar-refractivity contribution in [3.8, 4) is 5.75 Å². The number of hydrogen-bond acceptors (Lipinski definition) is 2. The molecule has 0 aliphatic carbocycles. The van der Waals surface area contributed by atoms with E-state index >= 15 is 0 Å². The summed E-state index contributed by atoms with van der Waals surface area (Å²) < 4.78 is 5.74. The summed E-state index contributed by atoms with van der Waals surface area (Å²) in [6.07, 6.45) is 0.359. The summed E-state index contributed by atoms with van der Waals surface area (Å²) in [5.41, 5.74) is 3.29. The molecule has 0 N–H and O–H groups in total. The summed E-state index contributed by atoms with van der Waals surface area (Å²) in [6, 6.07) is 13.6. The predicted octanol–water partition coefficient (Wildman–Crippen LogP) is 4.38. The van der Waals surface area contributed by atoms with Gasteiger partial charge < -0.3 is 9.64 Å². The number of nitrogens with zero attached hydrogens (tertiary/aromatic N) is 1. The van der Waals surface area contributed by atoms with Gasteiger partial charge in [-0.25, -0.2) is 0 Å². The number of hydrogen-bond donors (Lipinski definition) is 0. The number of benzene rings is 2. The van der Waals surface area contributed by atoms with Crippen molar-refractivity contribution in [2.45, 2.75) is 26.8 Å². The van der Waals surface area contributed by atoms with Crippen LogP contribution in [0.1, 0.15) is 23.1 Å². The Balaban J connectivity index is 1.82. The van der Waals surface area contributed by atoms with Gasteiger partial charge in [0.05, 0.1) is 13.0 Å². The lowest BCUT2D eigenvalue weighted by atomic mass is 10.1. The Morgan fingerprint density at radius 1 is 1.13 bits per heavy atom. The summed E-state index contributed by atoms with van der Waals surface area (Å²) in [7, 11) is 1.80. The Morgan fingerprint density at radius 2 is 1.83 bits per heavy atom. The largest absolute Gasteiger partial charge is 0.493 e. The lowest BCUT2D eigenvalue weighted by Gasteiger charge is -2.18. The van der Waals surface area contributed by atoms with Crippen LogP contribution in [-0.4, -0.2) is 24.5 Å². The molecule has 2 aromatic carbocycles. The lowest BCUT2D eigenvalue weighted by Crippen LogP contribution is -2.27. The van der Waals surface area contributed by atoms with Gasteiger partial charge in [0.15, 0.2) is 0 Å². The van der Waals surface area contributed by atoms with E-state index in [0.29, 0.717) is 24.6 Å². The Labute approximate surface area is 142 Å². The highest BCUT2D eigenvalue weighted by atomic mass is 35.5. The van der Waals surface area contributed by atoms with Crippen molar-refractivity contribution in [2.24, 2.45) is 0 Å². The van der Waals surface area contributed by atoms with Crippen LogP contribution in [-0.2, 0) is 11.3 Å². The quantitative estimate of drug-likeness (QED) is 0.786. The minimum absolute atomic E-state index is 0.0604. The SMILES string of the molecule is Cc1ccc(C)c(OCCC(=O)N(C)Cc2ccc(Cl)cc2)c1. The Bertz CT molecular complexity index is 668. The molecule has 0 aliphatic rings. The number of aryl methyl sites for hydroxylation is 2. The highest BCUT2D eigenvalue weighted by Crippen LogP contribution is 2.19. The monoisotopic (exact) mass is 331 g/mol. The summed E-state index contributed by atoms with van der Waals surface area (Å²) in [5, 5.41) is 0.699. The first-order chi connectivity index (χ1) is 11.0.